The zero-order valence-corrected chi connectivity index (χ0v) is 19.7. The summed E-state index contributed by atoms with van der Waals surface area (Å²) < 4.78 is 21.0. The number of dihydropyridines is 1. The van der Waals surface area contributed by atoms with Crippen molar-refractivity contribution >= 4 is 17.7 Å². The highest BCUT2D eigenvalue weighted by molar-refractivity contribution is 6.12. The molecule has 2 aliphatic rings. The fourth-order valence-electron chi connectivity index (χ4n) is 4.52. The molecule has 1 heterocycles. The van der Waals surface area contributed by atoms with Gasteiger partial charge in [-0.1, -0.05) is 19.1 Å². The average molecular weight is 458 g/mol. The monoisotopic (exact) mass is 457 g/mol. The third-order valence-corrected chi connectivity index (χ3v) is 6.06. The molecule has 1 aliphatic carbocycles. The molecular formula is C25H31NO7. The van der Waals surface area contributed by atoms with Crippen LogP contribution in [0.4, 0.5) is 0 Å². The fraction of sp³-hybridized carbons (Fsp3) is 0.480. The number of carbonyl (C=O) groups excluding carboxylic acids is 3. The number of benzene rings is 1. The van der Waals surface area contributed by atoms with E-state index in [9.17, 15) is 14.4 Å². The van der Waals surface area contributed by atoms with Gasteiger partial charge < -0.3 is 24.3 Å². The SMILES string of the molecule is CCOCCOC(=O)C1=C(C)NC2=C(C(=O)[C@H](C(=O)OC)[C@H](C)C2)[C@@H]1c1cccc(OC)c1. The van der Waals surface area contributed by atoms with Gasteiger partial charge in [-0.15, -0.1) is 0 Å². The Bertz CT molecular complexity index is 994. The minimum Gasteiger partial charge on any atom is -0.497 e. The molecule has 1 aromatic rings. The van der Waals surface area contributed by atoms with E-state index in [-0.39, 0.29) is 24.9 Å². The Kier molecular flexibility index (Phi) is 7.92. The first-order valence-corrected chi connectivity index (χ1v) is 11.1. The van der Waals surface area contributed by atoms with Crippen LogP contribution in [0.3, 0.4) is 0 Å². The number of hydrogen-bond acceptors (Lipinski definition) is 8. The van der Waals surface area contributed by atoms with Crippen LogP contribution in [0.25, 0.3) is 0 Å². The predicted molar refractivity (Wildman–Crippen MR) is 120 cm³/mol. The van der Waals surface area contributed by atoms with Crippen molar-refractivity contribution in [3.63, 3.8) is 0 Å². The lowest BCUT2D eigenvalue weighted by molar-refractivity contribution is -0.151. The highest BCUT2D eigenvalue weighted by Gasteiger charge is 2.47. The minimum atomic E-state index is -0.933. The van der Waals surface area contributed by atoms with E-state index >= 15 is 0 Å². The molecule has 0 saturated heterocycles. The summed E-state index contributed by atoms with van der Waals surface area (Å²) in [7, 11) is 2.83. The summed E-state index contributed by atoms with van der Waals surface area (Å²) in [4.78, 5) is 39.3. The summed E-state index contributed by atoms with van der Waals surface area (Å²) in [5, 5.41) is 3.24. The van der Waals surface area contributed by atoms with Gasteiger partial charge in [-0.2, -0.15) is 0 Å². The Labute approximate surface area is 193 Å². The number of carbonyl (C=O) groups is 3. The molecule has 0 unspecified atom stereocenters. The van der Waals surface area contributed by atoms with Crippen molar-refractivity contribution in [1.82, 2.24) is 5.32 Å². The van der Waals surface area contributed by atoms with E-state index in [1.165, 1.54) is 7.11 Å². The fourth-order valence-corrected chi connectivity index (χ4v) is 4.52. The molecule has 3 atom stereocenters. The highest BCUT2D eigenvalue weighted by atomic mass is 16.6. The predicted octanol–water partition coefficient (Wildman–Crippen LogP) is 2.89. The molecule has 0 aromatic heterocycles. The number of methoxy groups -OCH3 is 2. The molecule has 3 rings (SSSR count). The van der Waals surface area contributed by atoms with Gasteiger partial charge in [-0.3, -0.25) is 9.59 Å². The van der Waals surface area contributed by atoms with Gasteiger partial charge in [-0.05, 0) is 43.9 Å². The van der Waals surface area contributed by atoms with Gasteiger partial charge in [0.05, 0.1) is 26.4 Å². The van der Waals surface area contributed by atoms with Crippen molar-refractivity contribution in [1.29, 1.82) is 0 Å². The number of allylic oxidation sites excluding steroid dienone is 3. The lowest BCUT2D eigenvalue weighted by Crippen LogP contribution is -2.43. The molecule has 0 bridgehead atoms. The van der Waals surface area contributed by atoms with Crippen molar-refractivity contribution in [2.45, 2.75) is 33.1 Å². The lowest BCUT2D eigenvalue weighted by Gasteiger charge is -2.38. The molecule has 0 saturated carbocycles. The molecule has 8 nitrogen and oxygen atoms in total. The number of rotatable bonds is 8. The van der Waals surface area contributed by atoms with E-state index in [0.29, 0.717) is 46.9 Å². The average Bonchev–Trinajstić information content (AvgIpc) is 2.80. The second kappa shape index (κ2) is 10.7. The first kappa shape index (κ1) is 24.5. The molecule has 178 valence electrons. The molecular weight excluding hydrogens is 426 g/mol. The number of esters is 2. The molecule has 0 fully saturated rings. The standard InChI is InChI=1S/C25H31NO7/c1-6-32-10-11-33-25(29)20-15(3)26-18-12-14(2)19(24(28)31-5)23(27)22(18)21(20)16-8-7-9-17(13-16)30-4/h7-9,13-14,19,21,26H,6,10-12H2,1-5H3/t14-,19-,21-/m1/s1. The van der Waals surface area contributed by atoms with E-state index in [0.717, 1.165) is 0 Å². The van der Waals surface area contributed by atoms with Crippen molar-refractivity contribution < 1.29 is 33.3 Å². The van der Waals surface area contributed by atoms with Crippen LogP contribution in [-0.4, -0.2) is 51.8 Å². The van der Waals surface area contributed by atoms with Crippen molar-refractivity contribution in [2.24, 2.45) is 11.8 Å². The maximum Gasteiger partial charge on any atom is 0.336 e. The van der Waals surface area contributed by atoms with Gasteiger partial charge >= 0.3 is 11.9 Å². The Hall–Kier alpha value is -3.13. The first-order valence-electron chi connectivity index (χ1n) is 11.1. The maximum absolute atomic E-state index is 13.7. The normalized spacial score (nSPS) is 22.5. The van der Waals surface area contributed by atoms with Crippen molar-refractivity contribution in [3.05, 3.63) is 52.4 Å². The second-order valence-electron chi connectivity index (χ2n) is 8.14. The number of hydrogen-bond donors (Lipinski definition) is 1. The van der Waals surface area contributed by atoms with Crippen molar-refractivity contribution in [2.75, 3.05) is 34.0 Å². The van der Waals surface area contributed by atoms with E-state index in [1.54, 1.807) is 32.2 Å². The van der Waals surface area contributed by atoms with Crippen LogP contribution in [0.1, 0.15) is 38.7 Å². The van der Waals surface area contributed by atoms with E-state index in [2.05, 4.69) is 5.32 Å². The van der Waals surface area contributed by atoms with Gasteiger partial charge in [0.15, 0.2) is 5.78 Å². The second-order valence-corrected chi connectivity index (χ2v) is 8.14. The summed E-state index contributed by atoms with van der Waals surface area (Å²) in [6, 6.07) is 7.22. The zero-order chi connectivity index (χ0) is 24.1. The Morgan fingerprint density at radius 2 is 1.94 bits per heavy atom. The topological polar surface area (TPSA) is 100 Å². The van der Waals surface area contributed by atoms with Gasteiger partial charge in [0.2, 0.25) is 0 Å². The van der Waals surface area contributed by atoms with Crippen LogP contribution in [-0.2, 0) is 28.6 Å². The molecule has 33 heavy (non-hydrogen) atoms. The third kappa shape index (κ3) is 4.95. The van der Waals surface area contributed by atoms with Crippen molar-refractivity contribution in [3.8, 4) is 5.75 Å². The number of ether oxygens (including phenoxy) is 4. The van der Waals surface area contributed by atoms with E-state index < -0.39 is 23.8 Å². The van der Waals surface area contributed by atoms with Crippen LogP contribution < -0.4 is 10.1 Å². The number of ketones is 1. The molecule has 8 heteroatoms. The van der Waals surface area contributed by atoms with Crippen LogP contribution >= 0.6 is 0 Å². The number of Topliss-reactive ketones (excluding diaryl/α,β-unsaturated/α-hetero) is 1. The quantitative estimate of drug-likeness (QED) is 0.361. The number of nitrogens with one attached hydrogen (secondary N) is 1. The van der Waals surface area contributed by atoms with Gasteiger partial charge in [0, 0.05) is 29.5 Å². The largest absolute Gasteiger partial charge is 0.497 e. The zero-order valence-electron chi connectivity index (χ0n) is 19.7. The lowest BCUT2D eigenvalue weighted by atomic mass is 9.69. The van der Waals surface area contributed by atoms with E-state index in [1.807, 2.05) is 19.9 Å². The molecule has 0 radical (unpaired) electrons. The summed E-state index contributed by atoms with van der Waals surface area (Å²) in [6.07, 6.45) is 0.477. The Balaban J connectivity index is 2.09. The maximum atomic E-state index is 13.7. The minimum absolute atomic E-state index is 0.0932. The van der Waals surface area contributed by atoms with Gasteiger partial charge in [0.1, 0.15) is 18.3 Å². The summed E-state index contributed by atoms with van der Waals surface area (Å²) in [5.41, 5.74) is 2.73. The van der Waals surface area contributed by atoms with E-state index in [4.69, 9.17) is 18.9 Å². The molecule has 0 spiro atoms. The summed E-state index contributed by atoms with van der Waals surface area (Å²) in [5.74, 6) is -2.75. The summed E-state index contributed by atoms with van der Waals surface area (Å²) >= 11 is 0. The van der Waals surface area contributed by atoms with Crippen LogP contribution in [0, 0.1) is 11.8 Å². The van der Waals surface area contributed by atoms with Crippen LogP contribution in [0.2, 0.25) is 0 Å². The highest BCUT2D eigenvalue weighted by Crippen LogP contribution is 2.45. The molecule has 0 amide bonds. The third-order valence-electron chi connectivity index (χ3n) is 6.06. The van der Waals surface area contributed by atoms with Crippen LogP contribution in [0.5, 0.6) is 5.75 Å². The molecule has 1 N–H and O–H groups in total. The first-order chi connectivity index (χ1) is 15.8. The summed E-state index contributed by atoms with van der Waals surface area (Å²) in [6.45, 7) is 6.39. The Morgan fingerprint density at radius 3 is 2.61 bits per heavy atom. The van der Waals surface area contributed by atoms with Crippen LogP contribution in [0.15, 0.2) is 46.8 Å². The smallest absolute Gasteiger partial charge is 0.336 e. The van der Waals surface area contributed by atoms with Gasteiger partial charge in [0.25, 0.3) is 0 Å². The van der Waals surface area contributed by atoms with Gasteiger partial charge in [-0.25, -0.2) is 4.79 Å². The molecule has 1 aromatic carbocycles. The Morgan fingerprint density at radius 1 is 1.18 bits per heavy atom. The molecule has 1 aliphatic heterocycles.